The van der Waals surface area contributed by atoms with Gasteiger partial charge in [0.1, 0.15) is 16.6 Å². The van der Waals surface area contributed by atoms with Crippen LogP contribution in [0.25, 0.3) is 0 Å². The third-order valence-electron chi connectivity index (χ3n) is 2.99. The largest absolute Gasteiger partial charge is 0.389 e. The number of nitrogens with one attached hydrogen (secondary N) is 1. The molecule has 5 heteroatoms. The number of benzene rings is 2. The maximum atomic E-state index is 13.8. The Labute approximate surface area is 121 Å². The van der Waals surface area contributed by atoms with Crippen LogP contribution >= 0.6 is 12.2 Å². The minimum atomic E-state index is -0.497. The second-order valence-corrected chi connectivity index (χ2v) is 4.89. The van der Waals surface area contributed by atoms with Crippen molar-refractivity contribution >= 4 is 22.9 Å². The van der Waals surface area contributed by atoms with E-state index in [1.54, 1.807) is 31.2 Å². The van der Waals surface area contributed by atoms with Crippen LogP contribution in [0.1, 0.15) is 24.1 Å². The molecule has 1 atom stereocenters. The zero-order valence-corrected chi connectivity index (χ0v) is 11.7. The highest BCUT2D eigenvalue weighted by atomic mass is 32.1. The molecule has 2 aromatic carbocycles. The van der Waals surface area contributed by atoms with Crippen molar-refractivity contribution in [2.45, 2.75) is 13.0 Å². The molecule has 0 spiro atoms. The van der Waals surface area contributed by atoms with Gasteiger partial charge in [-0.1, -0.05) is 30.4 Å². The summed E-state index contributed by atoms with van der Waals surface area (Å²) in [6.07, 6.45) is 0. The van der Waals surface area contributed by atoms with Crippen molar-refractivity contribution in [1.29, 1.82) is 0 Å². The number of hydrogen-bond acceptors (Lipinski definition) is 2. The summed E-state index contributed by atoms with van der Waals surface area (Å²) in [6.45, 7) is 1.80. The lowest BCUT2D eigenvalue weighted by molar-refractivity contribution is 0.600. The zero-order valence-electron chi connectivity index (χ0n) is 10.9. The van der Waals surface area contributed by atoms with Crippen molar-refractivity contribution in [3.63, 3.8) is 0 Å². The SMILES string of the molecule is CC(Nc1ccc(C(N)=S)c(F)c1)c1ccccc1F. The molecule has 0 saturated heterocycles. The van der Waals surface area contributed by atoms with Gasteiger partial charge in [0.25, 0.3) is 0 Å². The van der Waals surface area contributed by atoms with Gasteiger partial charge in [-0.3, -0.25) is 0 Å². The summed E-state index contributed by atoms with van der Waals surface area (Å²) in [4.78, 5) is 0.0104. The van der Waals surface area contributed by atoms with E-state index < -0.39 is 5.82 Å². The number of hydrogen-bond donors (Lipinski definition) is 2. The smallest absolute Gasteiger partial charge is 0.135 e. The molecular formula is C15H14F2N2S. The summed E-state index contributed by atoms with van der Waals surface area (Å²) in [5.41, 5.74) is 6.66. The highest BCUT2D eigenvalue weighted by Crippen LogP contribution is 2.23. The number of nitrogens with two attached hydrogens (primary N) is 1. The minimum Gasteiger partial charge on any atom is -0.389 e. The van der Waals surface area contributed by atoms with E-state index in [-0.39, 0.29) is 22.4 Å². The van der Waals surface area contributed by atoms with E-state index >= 15 is 0 Å². The van der Waals surface area contributed by atoms with Crippen molar-refractivity contribution < 1.29 is 8.78 Å². The van der Waals surface area contributed by atoms with Gasteiger partial charge in [-0.2, -0.15) is 0 Å². The van der Waals surface area contributed by atoms with E-state index in [0.29, 0.717) is 11.3 Å². The fourth-order valence-electron chi connectivity index (χ4n) is 1.96. The van der Waals surface area contributed by atoms with E-state index in [0.717, 1.165) is 0 Å². The van der Waals surface area contributed by atoms with Gasteiger partial charge in [-0.25, -0.2) is 8.78 Å². The number of halogens is 2. The Hall–Kier alpha value is -2.01. The Morgan fingerprint density at radius 2 is 1.85 bits per heavy atom. The molecule has 0 fully saturated rings. The molecule has 3 N–H and O–H groups in total. The van der Waals surface area contributed by atoms with E-state index in [4.69, 9.17) is 18.0 Å². The summed E-state index contributed by atoms with van der Waals surface area (Å²) >= 11 is 4.74. The predicted molar refractivity (Wildman–Crippen MR) is 80.7 cm³/mol. The quantitative estimate of drug-likeness (QED) is 0.842. The van der Waals surface area contributed by atoms with Gasteiger partial charge >= 0.3 is 0 Å². The molecule has 0 heterocycles. The molecule has 1 unspecified atom stereocenters. The second kappa shape index (κ2) is 5.96. The highest BCUT2D eigenvalue weighted by Gasteiger charge is 2.11. The molecule has 0 bridgehead atoms. The monoisotopic (exact) mass is 292 g/mol. The predicted octanol–water partition coefficient (Wildman–Crippen LogP) is 3.77. The van der Waals surface area contributed by atoms with Gasteiger partial charge < -0.3 is 11.1 Å². The first kappa shape index (κ1) is 14.4. The summed E-state index contributed by atoms with van der Waals surface area (Å²) in [5, 5.41) is 3.04. The van der Waals surface area contributed by atoms with Gasteiger partial charge in [0.15, 0.2) is 0 Å². The maximum Gasteiger partial charge on any atom is 0.135 e. The topological polar surface area (TPSA) is 38.0 Å². The average Bonchev–Trinajstić information content (AvgIpc) is 2.38. The van der Waals surface area contributed by atoms with E-state index in [1.165, 1.54) is 18.2 Å². The van der Waals surface area contributed by atoms with Gasteiger partial charge in [0.05, 0.1) is 6.04 Å². The van der Waals surface area contributed by atoms with E-state index in [1.807, 2.05) is 0 Å². The third kappa shape index (κ3) is 3.11. The molecule has 2 aromatic rings. The Bertz CT molecular complexity index is 644. The molecule has 20 heavy (non-hydrogen) atoms. The van der Waals surface area contributed by atoms with Crippen molar-refractivity contribution in [1.82, 2.24) is 0 Å². The molecule has 0 aliphatic heterocycles. The van der Waals surface area contributed by atoms with Gasteiger partial charge in [0.2, 0.25) is 0 Å². The van der Waals surface area contributed by atoms with Gasteiger partial charge in [0, 0.05) is 16.8 Å². The Morgan fingerprint density at radius 1 is 1.15 bits per heavy atom. The van der Waals surface area contributed by atoms with Crippen LogP contribution < -0.4 is 11.1 Å². The maximum absolute atomic E-state index is 13.8. The third-order valence-corrected chi connectivity index (χ3v) is 3.21. The normalized spacial score (nSPS) is 11.9. The molecule has 0 amide bonds. The van der Waals surface area contributed by atoms with Crippen molar-refractivity contribution in [2.75, 3.05) is 5.32 Å². The second-order valence-electron chi connectivity index (χ2n) is 4.45. The fourth-order valence-corrected chi connectivity index (χ4v) is 2.12. The molecule has 0 radical (unpaired) electrons. The van der Waals surface area contributed by atoms with Crippen LogP contribution in [-0.2, 0) is 0 Å². The summed E-state index contributed by atoms with van der Waals surface area (Å²) < 4.78 is 27.4. The molecule has 104 valence electrons. The fraction of sp³-hybridized carbons (Fsp3) is 0.133. The lowest BCUT2D eigenvalue weighted by Gasteiger charge is -2.17. The lowest BCUT2D eigenvalue weighted by Crippen LogP contribution is -2.13. The molecule has 0 saturated carbocycles. The van der Waals surface area contributed by atoms with Crippen LogP contribution in [0, 0.1) is 11.6 Å². The Balaban J connectivity index is 2.20. The molecular weight excluding hydrogens is 278 g/mol. The average molecular weight is 292 g/mol. The summed E-state index contributed by atoms with van der Waals surface area (Å²) in [5.74, 6) is -0.795. The minimum absolute atomic E-state index is 0.0104. The summed E-state index contributed by atoms with van der Waals surface area (Å²) in [7, 11) is 0. The molecule has 2 rings (SSSR count). The summed E-state index contributed by atoms with van der Waals surface area (Å²) in [6, 6.07) is 10.6. The molecule has 0 aromatic heterocycles. The first-order valence-corrected chi connectivity index (χ1v) is 6.50. The van der Waals surface area contributed by atoms with Crippen LogP contribution in [0.2, 0.25) is 0 Å². The highest BCUT2D eigenvalue weighted by molar-refractivity contribution is 7.80. The van der Waals surface area contributed by atoms with Crippen LogP contribution in [-0.4, -0.2) is 4.99 Å². The lowest BCUT2D eigenvalue weighted by atomic mass is 10.1. The van der Waals surface area contributed by atoms with Crippen LogP contribution in [0.3, 0.4) is 0 Å². The van der Waals surface area contributed by atoms with Crippen molar-refractivity contribution in [3.05, 3.63) is 65.2 Å². The van der Waals surface area contributed by atoms with Crippen LogP contribution in [0.5, 0.6) is 0 Å². The Morgan fingerprint density at radius 3 is 2.45 bits per heavy atom. The molecule has 0 aliphatic carbocycles. The molecule has 2 nitrogen and oxygen atoms in total. The standard InChI is InChI=1S/C15H14F2N2S/c1-9(11-4-2-3-5-13(11)16)19-10-6-7-12(15(18)20)14(17)8-10/h2-9,19H,1H3,(H2,18,20). The van der Waals surface area contributed by atoms with Crippen LogP contribution in [0.15, 0.2) is 42.5 Å². The number of thiocarbonyl (C=S) groups is 1. The van der Waals surface area contributed by atoms with E-state index in [2.05, 4.69) is 5.32 Å². The first-order chi connectivity index (χ1) is 9.49. The molecule has 0 aliphatic rings. The van der Waals surface area contributed by atoms with Gasteiger partial charge in [-0.15, -0.1) is 0 Å². The van der Waals surface area contributed by atoms with E-state index in [9.17, 15) is 8.78 Å². The zero-order chi connectivity index (χ0) is 14.7. The number of anilines is 1. The van der Waals surface area contributed by atoms with Crippen molar-refractivity contribution in [2.24, 2.45) is 5.73 Å². The van der Waals surface area contributed by atoms with Gasteiger partial charge in [-0.05, 0) is 31.2 Å². The Kier molecular flexibility index (Phi) is 4.29. The number of rotatable bonds is 4. The van der Waals surface area contributed by atoms with Crippen molar-refractivity contribution in [3.8, 4) is 0 Å². The van der Waals surface area contributed by atoms with Crippen LogP contribution in [0.4, 0.5) is 14.5 Å². The first-order valence-electron chi connectivity index (χ1n) is 6.09.